The number of hydrogen-bond donors (Lipinski definition) is 0. The second-order valence-electron chi connectivity index (χ2n) is 4.38. The van der Waals surface area contributed by atoms with Gasteiger partial charge in [-0.25, -0.2) is 9.97 Å². The van der Waals surface area contributed by atoms with Gasteiger partial charge in [0.15, 0.2) is 10.8 Å². The van der Waals surface area contributed by atoms with Gasteiger partial charge in [0, 0.05) is 13.1 Å². The Kier molecular flexibility index (Phi) is 3.80. The summed E-state index contributed by atoms with van der Waals surface area (Å²) in [7, 11) is 2.02. The van der Waals surface area contributed by atoms with Gasteiger partial charge in [-0.15, -0.1) is 0 Å². The van der Waals surface area contributed by atoms with Crippen molar-refractivity contribution >= 4 is 17.4 Å². The van der Waals surface area contributed by atoms with Crippen LogP contribution in [0, 0.1) is 11.3 Å². The fraction of sp³-hybridized carbons (Fsp3) is 0.583. The molecule has 1 fully saturated rings. The maximum atomic E-state index is 8.75. The van der Waals surface area contributed by atoms with Crippen molar-refractivity contribution in [2.45, 2.75) is 38.1 Å². The molecule has 0 atom stereocenters. The van der Waals surface area contributed by atoms with Gasteiger partial charge in [-0.3, -0.25) is 0 Å². The van der Waals surface area contributed by atoms with Gasteiger partial charge in [-0.2, -0.15) is 5.26 Å². The monoisotopic (exact) mass is 250 g/mol. The van der Waals surface area contributed by atoms with Gasteiger partial charge >= 0.3 is 0 Å². The Morgan fingerprint density at radius 1 is 1.41 bits per heavy atom. The smallest absolute Gasteiger partial charge is 0.178 e. The van der Waals surface area contributed by atoms with E-state index in [4.69, 9.17) is 16.9 Å². The quantitative estimate of drug-likeness (QED) is 0.810. The third kappa shape index (κ3) is 2.67. The van der Waals surface area contributed by atoms with Gasteiger partial charge in [-0.1, -0.05) is 30.9 Å². The second-order valence-corrected chi connectivity index (χ2v) is 4.74. The summed E-state index contributed by atoms with van der Waals surface area (Å²) in [5, 5.41) is 8.93. The molecule has 5 heteroatoms. The number of halogens is 1. The summed E-state index contributed by atoms with van der Waals surface area (Å²) in [5.41, 5.74) is 0.187. The highest BCUT2D eigenvalue weighted by molar-refractivity contribution is 6.30. The van der Waals surface area contributed by atoms with Gasteiger partial charge in [0.05, 0.1) is 6.20 Å². The SMILES string of the molecule is CN(c1cnc(C#N)c(Cl)n1)C1CCCCC1. The molecule has 1 aliphatic carbocycles. The maximum Gasteiger partial charge on any atom is 0.178 e. The molecule has 0 N–H and O–H groups in total. The average molecular weight is 251 g/mol. The van der Waals surface area contributed by atoms with Crippen LogP contribution in [0.4, 0.5) is 5.82 Å². The Balaban J connectivity index is 2.16. The summed E-state index contributed by atoms with van der Waals surface area (Å²) >= 11 is 5.89. The predicted molar refractivity (Wildman–Crippen MR) is 67.0 cm³/mol. The van der Waals surface area contributed by atoms with Crippen LogP contribution in [0.5, 0.6) is 0 Å². The fourth-order valence-electron chi connectivity index (χ4n) is 2.26. The number of nitrogens with zero attached hydrogens (tertiary/aromatic N) is 4. The Hall–Kier alpha value is -1.34. The first-order valence-corrected chi connectivity index (χ1v) is 6.25. The molecule has 0 aliphatic heterocycles. The Bertz CT molecular complexity index is 435. The molecule has 1 heterocycles. The molecule has 0 saturated heterocycles. The zero-order chi connectivity index (χ0) is 12.3. The van der Waals surface area contributed by atoms with E-state index in [1.165, 1.54) is 32.1 Å². The minimum absolute atomic E-state index is 0.187. The molecule has 1 aromatic rings. The highest BCUT2D eigenvalue weighted by Gasteiger charge is 2.20. The standard InChI is InChI=1S/C12H15ClN4/c1-17(9-5-3-2-4-6-9)11-8-15-10(7-14)12(13)16-11/h8-9H,2-6H2,1H3. The highest BCUT2D eigenvalue weighted by Crippen LogP contribution is 2.25. The van der Waals surface area contributed by atoms with E-state index in [1.54, 1.807) is 6.20 Å². The van der Waals surface area contributed by atoms with Crippen LogP contribution in [0.25, 0.3) is 0 Å². The van der Waals surface area contributed by atoms with Crippen molar-refractivity contribution in [2.75, 3.05) is 11.9 Å². The number of rotatable bonds is 2. The molecular formula is C12H15ClN4. The lowest BCUT2D eigenvalue weighted by molar-refractivity contribution is 0.426. The van der Waals surface area contributed by atoms with Crippen molar-refractivity contribution < 1.29 is 0 Å². The summed E-state index contributed by atoms with van der Waals surface area (Å²) in [5.74, 6) is 0.751. The Morgan fingerprint density at radius 3 is 2.71 bits per heavy atom. The molecule has 17 heavy (non-hydrogen) atoms. The molecule has 4 nitrogen and oxygen atoms in total. The van der Waals surface area contributed by atoms with Crippen molar-refractivity contribution in [3.05, 3.63) is 17.0 Å². The van der Waals surface area contributed by atoms with Crippen LogP contribution >= 0.6 is 11.6 Å². The van der Waals surface area contributed by atoms with E-state index >= 15 is 0 Å². The van der Waals surface area contributed by atoms with E-state index in [-0.39, 0.29) is 10.8 Å². The topological polar surface area (TPSA) is 52.8 Å². The first kappa shape index (κ1) is 12.1. The van der Waals surface area contributed by atoms with E-state index in [0.29, 0.717) is 6.04 Å². The van der Waals surface area contributed by atoms with Gasteiger partial charge in [0.25, 0.3) is 0 Å². The van der Waals surface area contributed by atoms with Crippen LogP contribution in [-0.2, 0) is 0 Å². The average Bonchev–Trinajstić information content (AvgIpc) is 2.39. The van der Waals surface area contributed by atoms with Crippen molar-refractivity contribution in [3.8, 4) is 6.07 Å². The molecule has 0 amide bonds. The lowest BCUT2D eigenvalue weighted by Crippen LogP contribution is -2.34. The molecule has 0 bridgehead atoms. The number of aromatic nitrogens is 2. The van der Waals surface area contributed by atoms with E-state index < -0.39 is 0 Å². The number of anilines is 1. The van der Waals surface area contributed by atoms with Crippen LogP contribution in [0.1, 0.15) is 37.8 Å². The molecule has 0 radical (unpaired) electrons. The molecule has 0 aromatic carbocycles. The number of nitriles is 1. The van der Waals surface area contributed by atoms with Crippen molar-refractivity contribution in [1.82, 2.24) is 9.97 Å². The second kappa shape index (κ2) is 5.33. The number of hydrogen-bond acceptors (Lipinski definition) is 4. The minimum Gasteiger partial charge on any atom is -0.355 e. The van der Waals surface area contributed by atoms with E-state index in [2.05, 4.69) is 14.9 Å². The van der Waals surface area contributed by atoms with Crippen LogP contribution in [-0.4, -0.2) is 23.1 Å². The summed E-state index contributed by atoms with van der Waals surface area (Å²) < 4.78 is 0. The van der Waals surface area contributed by atoms with Crippen LogP contribution < -0.4 is 4.90 Å². The summed E-state index contributed by atoms with van der Waals surface area (Å²) in [6.45, 7) is 0. The predicted octanol–water partition coefficient (Wildman–Crippen LogP) is 2.77. The van der Waals surface area contributed by atoms with Gasteiger partial charge in [0.1, 0.15) is 11.9 Å². The first-order chi connectivity index (χ1) is 8.22. The van der Waals surface area contributed by atoms with Crippen LogP contribution in [0.3, 0.4) is 0 Å². The molecule has 90 valence electrons. The lowest BCUT2D eigenvalue weighted by Gasteiger charge is -2.31. The zero-order valence-electron chi connectivity index (χ0n) is 9.86. The first-order valence-electron chi connectivity index (χ1n) is 5.88. The van der Waals surface area contributed by atoms with Gasteiger partial charge < -0.3 is 4.90 Å². The lowest BCUT2D eigenvalue weighted by atomic mass is 9.94. The van der Waals surface area contributed by atoms with Crippen molar-refractivity contribution in [1.29, 1.82) is 5.26 Å². The molecule has 0 unspecified atom stereocenters. The normalized spacial score (nSPS) is 16.5. The molecule has 1 aromatic heterocycles. The highest BCUT2D eigenvalue weighted by atomic mass is 35.5. The fourth-order valence-corrected chi connectivity index (χ4v) is 2.44. The van der Waals surface area contributed by atoms with E-state index in [0.717, 1.165) is 5.82 Å². The molecular weight excluding hydrogens is 236 g/mol. The minimum atomic E-state index is 0.187. The maximum absolute atomic E-state index is 8.75. The van der Waals surface area contributed by atoms with Gasteiger partial charge in [-0.05, 0) is 12.8 Å². The van der Waals surface area contributed by atoms with E-state index in [1.807, 2.05) is 13.1 Å². The zero-order valence-corrected chi connectivity index (χ0v) is 10.6. The molecule has 0 spiro atoms. The third-order valence-electron chi connectivity index (χ3n) is 3.31. The molecule has 1 saturated carbocycles. The summed E-state index contributed by atoms with van der Waals surface area (Å²) in [4.78, 5) is 10.4. The van der Waals surface area contributed by atoms with Crippen LogP contribution in [0.15, 0.2) is 6.20 Å². The van der Waals surface area contributed by atoms with Crippen molar-refractivity contribution in [2.24, 2.45) is 0 Å². The van der Waals surface area contributed by atoms with Crippen LogP contribution in [0.2, 0.25) is 5.15 Å². The molecule has 2 rings (SSSR count). The molecule has 1 aliphatic rings. The van der Waals surface area contributed by atoms with Crippen molar-refractivity contribution in [3.63, 3.8) is 0 Å². The summed E-state index contributed by atoms with van der Waals surface area (Å²) in [6, 6.07) is 2.43. The summed E-state index contributed by atoms with van der Waals surface area (Å²) in [6.07, 6.45) is 7.87. The van der Waals surface area contributed by atoms with E-state index in [9.17, 15) is 0 Å². The largest absolute Gasteiger partial charge is 0.355 e. The Labute approximate surface area is 106 Å². The Morgan fingerprint density at radius 2 is 2.12 bits per heavy atom. The third-order valence-corrected chi connectivity index (χ3v) is 3.57. The van der Waals surface area contributed by atoms with Gasteiger partial charge in [0.2, 0.25) is 0 Å².